The first-order valence-electron chi connectivity index (χ1n) is 9.75. The Kier molecular flexibility index (Phi) is 6.84. The number of rotatable bonds is 6. The molecular weight excluding hydrogens is 410 g/mol. The van der Waals surface area contributed by atoms with Gasteiger partial charge in [-0.2, -0.15) is 5.10 Å². The predicted molar refractivity (Wildman–Crippen MR) is 119 cm³/mol. The number of methoxy groups -OCH3 is 2. The molecule has 0 aliphatic carbocycles. The molecule has 3 aromatic rings. The molecule has 1 heterocycles. The van der Waals surface area contributed by atoms with E-state index in [-0.39, 0.29) is 0 Å². The standard InChI is InChI=1S/C24H23N3O5/c1-15-8-9-16(2)27(15)21-13-18(10-11-20(21)24(30)32-4)22(28)26-25-14-17-6-5-7-19(12-17)23(29)31-3/h5-14H,1-4H3,(H,26,28)/b25-14+. The highest BCUT2D eigenvalue weighted by Crippen LogP contribution is 2.23. The smallest absolute Gasteiger partial charge is 0.339 e. The first-order chi connectivity index (χ1) is 15.3. The van der Waals surface area contributed by atoms with Gasteiger partial charge in [-0.05, 0) is 61.9 Å². The lowest BCUT2D eigenvalue weighted by atomic mass is 10.1. The van der Waals surface area contributed by atoms with E-state index in [0.717, 1.165) is 11.4 Å². The third-order valence-electron chi connectivity index (χ3n) is 4.86. The zero-order chi connectivity index (χ0) is 23.3. The maximum Gasteiger partial charge on any atom is 0.339 e. The summed E-state index contributed by atoms with van der Waals surface area (Å²) in [6.45, 7) is 3.82. The van der Waals surface area contributed by atoms with E-state index in [9.17, 15) is 14.4 Å². The Bertz CT molecular complexity index is 1190. The number of nitrogens with zero attached hydrogens (tertiary/aromatic N) is 2. The largest absolute Gasteiger partial charge is 0.465 e. The van der Waals surface area contributed by atoms with Crippen molar-refractivity contribution in [2.75, 3.05) is 14.2 Å². The van der Waals surface area contributed by atoms with Crippen LogP contribution in [-0.2, 0) is 9.47 Å². The Morgan fingerprint density at radius 2 is 1.56 bits per heavy atom. The van der Waals surface area contributed by atoms with Crippen molar-refractivity contribution in [3.8, 4) is 5.69 Å². The van der Waals surface area contributed by atoms with Gasteiger partial charge in [0, 0.05) is 17.0 Å². The lowest BCUT2D eigenvalue weighted by Gasteiger charge is -2.15. The van der Waals surface area contributed by atoms with E-state index in [1.165, 1.54) is 26.5 Å². The minimum absolute atomic E-state index is 0.320. The fraction of sp³-hybridized carbons (Fsp3) is 0.167. The second-order valence-electron chi connectivity index (χ2n) is 6.99. The van der Waals surface area contributed by atoms with Crippen molar-refractivity contribution in [3.63, 3.8) is 0 Å². The monoisotopic (exact) mass is 433 g/mol. The van der Waals surface area contributed by atoms with Crippen molar-refractivity contribution < 1.29 is 23.9 Å². The van der Waals surface area contributed by atoms with Crippen LogP contribution in [0.5, 0.6) is 0 Å². The number of ether oxygens (including phenoxy) is 2. The first kappa shape index (κ1) is 22.5. The molecule has 0 atom stereocenters. The maximum atomic E-state index is 12.7. The molecule has 0 aliphatic rings. The Morgan fingerprint density at radius 3 is 2.22 bits per heavy atom. The molecule has 2 aromatic carbocycles. The van der Waals surface area contributed by atoms with Crippen molar-refractivity contribution in [2.24, 2.45) is 5.10 Å². The number of aromatic nitrogens is 1. The van der Waals surface area contributed by atoms with Crippen LogP contribution in [0.15, 0.2) is 59.7 Å². The second-order valence-corrected chi connectivity index (χ2v) is 6.99. The third kappa shape index (κ3) is 4.75. The fourth-order valence-electron chi connectivity index (χ4n) is 3.28. The average Bonchev–Trinajstić information content (AvgIpc) is 3.15. The highest BCUT2D eigenvalue weighted by atomic mass is 16.5. The van der Waals surface area contributed by atoms with Crippen LogP contribution >= 0.6 is 0 Å². The quantitative estimate of drug-likeness (QED) is 0.365. The lowest BCUT2D eigenvalue weighted by Crippen LogP contribution is -2.19. The zero-order valence-electron chi connectivity index (χ0n) is 18.2. The van der Waals surface area contributed by atoms with Gasteiger partial charge in [-0.25, -0.2) is 15.0 Å². The molecule has 32 heavy (non-hydrogen) atoms. The van der Waals surface area contributed by atoms with Crippen molar-refractivity contribution in [1.82, 2.24) is 9.99 Å². The van der Waals surface area contributed by atoms with Crippen LogP contribution in [0.2, 0.25) is 0 Å². The summed E-state index contributed by atoms with van der Waals surface area (Å²) in [4.78, 5) is 36.6. The molecule has 1 aromatic heterocycles. The molecule has 0 saturated carbocycles. The van der Waals surface area contributed by atoms with Crippen molar-refractivity contribution in [3.05, 3.63) is 88.2 Å². The van der Waals surface area contributed by atoms with Crippen molar-refractivity contribution in [1.29, 1.82) is 0 Å². The molecule has 1 N–H and O–H groups in total. The topological polar surface area (TPSA) is 99.0 Å². The Balaban J connectivity index is 1.86. The van der Waals surface area contributed by atoms with Gasteiger partial charge in [-0.3, -0.25) is 4.79 Å². The van der Waals surface area contributed by atoms with Gasteiger partial charge in [0.15, 0.2) is 0 Å². The van der Waals surface area contributed by atoms with E-state index >= 15 is 0 Å². The molecule has 0 bridgehead atoms. The molecule has 3 rings (SSSR count). The van der Waals surface area contributed by atoms with Gasteiger partial charge >= 0.3 is 11.9 Å². The summed E-state index contributed by atoms with van der Waals surface area (Å²) in [5.41, 5.74) is 6.49. The summed E-state index contributed by atoms with van der Waals surface area (Å²) in [5, 5.41) is 3.97. The van der Waals surface area contributed by atoms with E-state index in [1.54, 1.807) is 36.4 Å². The average molecular weight is 433 g/mol. The van der Waals surface area contributed by atoms with E-state index in [4.69, 9.17) is 9.47 Å². The molecule has 0 radical (unpaired) electrons. The Labute approximate surface area is 185 Å². The van der Waals surface area contributed by atoms with E-state index < -0.39 is 17.8 Å². The van der Waals surface area contributed by atoms with Crippen LogP contribution in [0.3, 0.4) is 0 Å². The normalized spacial score (nSPS) is 10.8. The van der Waals surface area contributed by atoms with Gasteiger partial charge in [-0.15, -0.1) is 0 Å². The number of esters is 2. The number of carbonyl (C=O) groups is 3. The summed E-state index contributed by atoms with van der Waals surface area (Å²) in [7, 11) is 2.62. The fourth-order valence-corrected chi connectivity index (χ4v) is 3.28. The zero-order valence-corrected chi connectivity index (χ0v) is 18.2. The number of hydrogen-bond donors (Lipinski definition) is 1. The molecule has 0 spiro atoms. The van der Waals surface area contributed by atoms with Gasteiger partial charge in [0.25, 0.3) is 5.91 Å². The minimum Gasteiger partial charge on any atom is -0.465 e. The Morgan fingerprint density at radius 1 is 0.875 bits per heavy atom. The van der Waals surface area contributed by atoms with Crippen LogP contribution in [-0.4, -0.2) is 42.8 Å². The number of benzene rings is 2. The van der Waals surface area contributed by atoms with Crippen LogP contribution in [0.1, 0.15) is 48.0 Å². The molecule has 8 heteroatoms. The van der Waals surface area contributed by atoms with E-state index in [2.05, 4.69) is 10.5 Å². The van der Waals surface area contributed by atoms with Gasteiger partial charge in [0.05, 0.1) is 37.2 Å². The van der Waals surface area contributed by atoms with Crippen molar-refractivity contribution >= 4 is 24.1 Å². The van der Waals surface area contributed by atoms with Crippen LogP contribution in [0.4, 0.5) is 0 Å². The van der Waals surface area contributed by atoms with Gasteiger partial charge in [0.2, 0.25) is 0 Å². The number of aryl methyl sites for hydroxylation is 2. The molecule has 0 fully saturated rings. The summed E-state index contributed by atoms with van der Waals surface area (Å²) in [6.07, 6.45) is 1.42. The molecule has 1 amide bonds. The van der Waals surface area contributed by atoms with Gasteiger partial charge in [-0.1, -0.05) is 12.1 Å². The summed E-state index contributed by atoms with van der Waals surface area (Å²) >= 11 is 0. The van der Waals surface area contributed by atoms with E-state index in [1.807, 2.05) is 30.5 Å². The van der Waals surface area contributed by atoms with Gasteiger partial charge in [0.1, 0.15) is 0 Å². The number of nitrogens with one attached hydrogen (secondary N) is 1. The second kappa shape index (κ2) is 9.74. The summed E-state index contributed by atoms with van der Waals surface area (Å²) in [6, 6.07) is 15.2. The number of hydrogen-bond acceptors (Lipinski definition) is 6. The summed E-state index contributed by atoms with van der Waals surface area (Å²) in [5.74, 6) is -1.41. The molecule has 8 nitrogen and oxygen atoms in total. The van der Waals surface area contributed by atoms with Crippen molar-refractivity contribution in [2.45, 2.75) is 13.8 Å². The number of carbonyl (C=O) groups excluding carboxylic acids is 3. The Hall–Kier alpha value is -4.20. The molecule has 0 aliphatic heterocycles. The van der Waals surface area contributed by atoms with Crippen LogP contribution in [0.25, 0.3) is 5.69 Å². The van der Waals surface area contributed by atoms with Crippen LogP contribution < -0.4 is 5.43 Å². The highest BCUT2D eigenvalue weighted by Gasteiger charge is 2.18. The number of amides is 1. The lowest BCUT2D eigenvalue weighted by molar-refractivity contribution is 0.0591. The number of hydrazone groups is 1. The first-order valence-corrected chi connectivity index (χ1v) is 9.75. The molecule has 0 saturated heterocycles. The predicted octanol–water partition coefficient (Wildman–Crippen LogP) is 3.43. The van der Waals surface area contributed by atoms with Gasteiger partial charge < -0.3 is 14.0 Å². The SMILES string of the molecule is COC(=O)c1cccc(/C=N/NC(=O)c2ccc(C(=O)OC)c(-n3c(C)ccc3C)c2)c1. The maximum absolute atomic E-state index is 12.7. The molecule has 164 valence electrons. The van der Waals surface area contributed by atoms with Crippen LogP contribution in [0, 0.1) is 13.8 Å². The third-order valence-corrected chi connectivity index (χ3v) is 4.86. The molecule has 0 unspecified atom stereocenters. The van der Waals surface area contributed by atoms with E-state index in [0.29, 0.717) is 27.9 Å². The molecular formula is C24H23N3O5. The highest BCUT2D eigenvalue weighted by molar-refractivity contribution is 5.99. The minimum atomic E-state index is -0.497. The summed E-state index contributed by atoms with van der Waals surface area (Å²) < 4.78 is 11.5.